The Hall–Kier alpha value is -1.76. The number of piperazine rings is 1. The Balaban J connectivity index is 1.15. The molecule has 2 heterocycles. The van der Waals surface area contributed by atoms with E-state index >= 15 is 0 Å². The van der Waals surface area contributed by atoms with Crippen LogP contribution in [0.2, 0.25) is 10.0 Å². The zero-order valence-electron chi connectivity index (χ0n) is 16.5. The molecule has 1 N–H and O–H groups in total. The van der Waals surface area contributed by atoms with Gasteiger partial charge in [0.2, 0.25) is 5.76 Å². The molecule has 1 saturated heterocycles. The van der Waals surface area contributed by atoms with Gasteiger partial charge in [0.25, 0.3) is 5.91 Å². The van der Waals surface area contributed by atoms with Gasteiger partial charge in [-0.05, 0) is 50.8 Å². The molecule has 2 aromatic rings. The van der Waals surface area contributed by atoms with Crippen LogP contribution in [0.15, 0.2) is 28.9 Å². The third-order valence-corrected chi connectivity index (χ3v) is 6.83. The first-order chi connectivity index (χ1) is 14.0. The van der Waals surface area contributed by atoms with Crippen molar-refractivity contribution >= 4 is 34.8 Å². The molecule has 1 saturated carbocycles. The van der Waals surface area contributed by atoms with Gasteiger partial charge < -0.3 is 14.7 Å². The number of aryl methyl sites for hydroxylation is 1. The van der Waals surface area contributed by atoms with Crippen molar-refractivity contribution in [3.05, 3.63) is 45.8 Å². The first kappa shape index (κ1) is 20.5. The zero-order valence-corrected chi connectivity index (χ0v) is 18.0. The number of nitrogens with one attached hydrogen (secondary N) is 1. The van der Waals surface area contributed by atoms with E-state index in [0.717, 1.165) is 56.8 Å². The minimum Gasteiger partial charge on any atom is -0.368 e. The van der Waals surface area contributed by atoms with E-state index in [1.807, 2.05) is 25.1 Å². The summed E-state index contributed by atoms with van der Waals surface area (Å²) in [5, 5.41) is 7.96. The highest BCUT2D eigenvalue weighted by atomic mass is 35.5. The number of aromatic nitrogens is 1. The quantitative estimate of drug-likeness (QED) is 0.740. The fourth-order valence-corrected chi connectivity index (χ4v) is 4.58. The lowest BCUT2D eigenvalue weighted by atomic mass is 9.78. The summed E-state index contributed by atoms with van der Waals surface area (Å²) in [4.78, 5) is 17.0. The molecule has 0 spiro atoms. The van der Waals surface area contributed by atoms with E-state index < -0.39 is 0 Å². The van der Waals surface area contributed by atoms with Gasteiger partial charge in [-0.1, -0.05) is 34.4 Å². The number of benzene rings is 1. The zero-order chi connectivity index (χ0) is 20.4. The number of hydrogen-bond acceptors (Lipinski definition) is 5. The number of carbonyl (C=O) groups excluding carboxylic acids is 1. The van der Waals surface area contributed by atoms with Gasteiger partial charge in [0.05, 0.1) is 21.9 Å². The van der Waals surface area contributed by atoms with Gasteiger partial charge >= 0.3 is 0 Å². The number of nitrogens with zero attached hydrogens (tertiary/aromatic N) is 3. The lowest BCUT2D eigenvalue weighted by Gasteiger charge is -2.39. The predicted octanol–water partition coefficient (Wildman–Crippen LogP) is 4.01. The molecule has 8 heteroatoms. The highest BCUT2D eigenvalue weighted by Crippen LogP contribution is 2.33. The Labute approximate surface area is 181 Å². The molecule has 0 radical (unpaired) electrons. The highest BCUT2D eigenvalue weighted by Gasteiger charge is 2.32. The molecule has 0 atom stereocenters. The molecule has 0 unspecified atom stereocenters. The SMILES string of the molecule is Cc1cnoc1C(=O)NC1CC(CCN2CCN(c3cccc(Cl)c3Cl)CC2)C1. The van der Waals surface area contributed by atoms with E-state index in [9.17, 15) is 4.79 Å². The maximum absolute atomic E-state index is 12.2. The van der Waals surface area contributed by atoms with E-state index in [1.165, 1.54) is 6.42 Å². The van der Waals surface area contributed by atoms with Gasteiger partial charge in [-0.25, -0.2) is 0 Å². The number of amides is 1. The number of hydrogen-bond donors (Lipinski definition) is 1. The summed E-state index contributed by atoms with van der Waals surface area (Å²) in [6, 6.07) is 6.06. The van der Waals surface area contributed by atoms with Crippen molar-refractivity contribution in [1.29, 1.82) is 0 Å². The number of carbonyl (C=O) groups is 1. The van der Waals surface area contributed by atoms with Crippen LogP contribution >= 0.6 is 23.2 Å². The Kier molecular flexibility index (Phi) is 6.32. The van der Waals surface area contributed by atoms with Crippen molar-refractivity contribution in [1.82, 2.24) is 15.4 Å². The standard InChI is InChI=1S/C21H26Cl2N4O2/c1-14-13-24-29-20(14)21(28)25-16-11-15(12-16)5-6-26-7-9-27(10-8-26)18-4-2-3-17(22)19(18)23/h2-4,13,15-16H,5-12H2,1H3,(H,25,28). The molecule has 156 valence electrons. The van der Waals surface area contributed by atoms with Gasteiger partial charge in [-0.15, -0.1) is 0 Å². The first-order valence-corrected chi connectivity index (χ1v) is 10.9. The summed E-state index contributed by atoms with van der Waals surface area (Å²) in [6.45, 7) is 6.90. The molecule has 1 aromatic carbocycles. The average Bonchev–Trinajstić information content (AvgIpc) is 3.12. The second-order valence-electron chi connectivity index (χ2n) is 8.04. The van der Waals surface area contributed by atoms with Crippen LogP contribution in [-0.4, -0.2) is 54.7 Å². The Morgan fingerprint density at radius 2 is 2.00 bits per heavy atom. The molecular weight excluding hydrogens is 411 g/mol. The smallest absolute Gasteiger partial charge is 0.290 e. The molecule has 2 aliphatic rings. The van der Waals surface area contributed by atoms with Crippen LogP contribution in [0.3, 0.4) is 0 Å². The summed E-state index contributed by atoms with van der Waals surface area (Å²) in [5.74, 6) is 0.849. The lowest BCUT2D eigenvalue weighted by molar-refractivity contribution is 0.0840. The molecule has 4 rings (SSSR count). The number of halogens is 2. The maximum atomic E-state index is 12.2. The molecule has 29 heavy (non-hydrogen) atoms. The van der Waals surface area contributed by atoms with E-state index in [-0.39, 0.29) is 11.9 Å². The van der Waals surface area contributed by atoms with Gasteiger partial charge in [-0.3, -0.25) is 9.69 Å². The van der Waals surface area contributed by atoms with Crippen molar-refractivity contribution in [2.24, 2.45) is 5.92 Å². The molecule has 1 aromatic heterocycles. The molecular formula is C21H26Cl2N4O2. The van der Waals surface area contributed by atoms with Gasteiger partial charge in [-0.2, -0.15) is 0 Å². The van der Waals surface area contributed by atoms with Crippen molar-refractivity contribution in [2.75, 3.05) is 37.6 Å². The molecule has 1 aliphatic carbocycles. The Bertz CT molecular complexity index is 858. The minimum atomic E-state index is -0.153. The molecule has 1 amide bonds. The summed E-state index contributed by atoms with van der Waals surface area (Å²) < 4.78 is 5.02. The van der Waals surface area contributed by atoms with E-state index in [1.54, 1.807) is 6.20 Å². The summed E-state index contributed by atoms with van der Waals surface area (Å²) >= 11 is 12.5. The highest BCUT2D eigenvalue weighted by molar-refractivity contribution is 6.43. The van der Waals surface area contributed by atoms with Gasteiger partial charge in [0.1, 0.15) is 0 Å². The largest absolute Gasteiger partial charge is 0.368 e. The number of anilines is 1. The van der Waals surface area contributed by atoms with Gasteiger partial charge in [0.15, 0.2) is 0 Å². The van der Waals surface area contributed by atoms with Crippen molar-refractivity contribution in [3.63, 3.8) is 0 Å². The van der Waals surface area contributed by atoms with Gasteiger partial charge in [0, 0.05) is 37.8 Å². The second kappa shape index (κ2) is 8.94. The van der Waals surface area contributed by atoms with E-state index in [4.69, 9.17) is 27.7 Å². The van der Waals surface area contributed by atoms with Crippen LogP contribution in [0.1, 0.15) is 35.4 Å². The van der Waals surface area contributed by atoms with Crippen LogP contribution in [0.25, 0.3) is 0 Å². The second-order valence-corrected chi connectivity index (χ2v) is 8.82. The Morgan fingerprint density at radius 1 is 1.24 bits per heavy atom. The lowest BCUT2D eigenvalue weighted by Crippen LogP contribution is -2.48. The fourth-order valence-electron chi connectivity index (χ4n) is 4.16. The van der Waals surface area contributed by atoms with Crippen LogP contribution in [0.5, 0.6) is 0 Å². The topological polar surface area (TPSA) is 61.6 Å². The van der Waals surface area contributed by atoms with Crippen LogP contribution in [0, 0.1) is 12.8 Å². The fraction of sp³-hybridized carbons (Fsp3) is 0.524. The minimum absolute atomic E-state index is 0.153. The molecule has 0 bridgehead atoms. The third kappa shape index (κ3) is 4.71. The molecule has 2 fully saturated rings. The average molecular weight is 437 g/mol. The summed E-state index contributed by atoms with van der Waals surface area (Å²) in [5.41, 5.74) is 1.80. The van der Waals surface area contributed by atoms with Crippen molar-refractivity contribution in [3.8, 4) is 0 Å². The third-order valence-electron chi connectivity index (χ3n) is 6.02. The van der Waals surface area contributed by atoms with Crippen LogP contribution in [0.4, 0.5) is 5.69 Å². The van der Waals surface area contributed by atoms with Crippen LogP contribution in [-0.2, 0) is 0 Å². The molecule has 1 aliphatic heterocycles. The first-order valence-electron chi connectivity index (χ1n) is 10.1. The summed E-state index contributed by atoms with van der Waals surface area (Å²) in [7, 11) is 0. The van der Waals surface area contributed by atoms with E-state index in [2.05, 4.69) is 20.3 Å². The molecule has 6 nitrogen and oxygen atoms in total. The maximum Gasteiger partial charge on any atom is 0.290 e. The summed E-state index contributed by atoms with van der Waals surface area (Å²) in [6.07, 6.45) is 4.82. The predicted molar refractivity (Wildman–Crippen MR) is 115 cm³/mol. The van der Waals surface area contributed by atoms with Crippen LogP contribution < -0.4 is 10.2 Å². The van der Waals surface area contributed by atoms with Crippen molar-refractivity contribution < 1.29 is 9.32 Å². The normalized spacial score (nSPS) is 22.4. The van der Waals surface area contributed by atoms with Crippen molar-refractivity contribution in [2.45, 2.75) is 32.2 Å². The Morgan fingerprint density at radius 3 is 2.69 bits per heavy atom. The monoisotopic (exact) mass is 436 g/mol. The van der Waals surface area contributed by atoms with E-state index in [0.29, 0.717) is 21.7 Å². The number of rotatable bonds is 6.